The standard InChI is InChI=1S/C13H21NO2/c1-13(2,9-14-3)10-16-12-7-5-6-11(8-12)15-4/h5-8,14H,9-10H2,1-4H3. The second-order valence-electron chi connectivity index (χ2n) is 4.66. The first-order valence-corrected chi connectivity index (χ1v) is 5.49. The zero-order valence-electron chi connectivity index (χ0n) is 10.5. The molecule has 16 heavy (non-hydrogen) atoms. The second-order valence-corrected chi connectivity index (χ2v) is 4.66. The molecule has 3 nitrogen and oxygen atoms in total. The molecule has 0 saturated heterocycles. The monoisotopic (exact) mass is 223 g/mol. The van der Waals surface area contributed by atoms with Gasteiger partial charge >= 0.3 is 0 Å². The number of benzene rings is 1. The van der Waals surface area contributed by atoms with Crippen molar-refractivity contribution in [2.75, 3.05) is 27.3 Å². The molecule has 0 aliphatic carbocycles. The summed E-state index contributed by atoms with van der Waals surface area (Å²) in [4.78, 5) is 0. The Morgan fingerprint density at radius 1 is 1.25 bits per heavy atom. The molecule has 3 heteroatoms. The van der Waals surface area contributed by atoms with Crippen molar-refractivity contribution < 1.29 is 9.47 Å². The molecule has 0 heterocycles. The van der Waals surface area contributed by atoms with Gasteiger partial charge in [0.1, 0.15) is 11.5 Å². The van der Waals surface area contributed by atoms with Gasteiger partial charge in [0.25, 0.3) is 0 Å². The molecular formula is C13H21NO2. The summed E-state index contributed by atoms with van der Waals surface area (Å²) < 4.78 is 10.9. The van der Waals surface area contributed by atoms with Gasteiger partial charge in [-0.05, 0) is 19.2 Å². The highest BCUT2D eigenvalue weighted by Gasteiger charge is 2.17. The van der Waals surface area contributed by atoms with Crippen LogP contribution in [0.2, 0.25) is 0 Å². The van der Waals surface area contributed by atoms with E-state index in [-0.39, 0.29) is 5.41 Å². The van der Waals surface area contributed by atoms with Crippen molar-refractivity contribution in [3.8, 4) is 11.5 Å². The second kappa shape index (κ2) is 5.75. The third-order valence-electron chi connectivity index (χ3n) is 2.33. The molecule has 0 aliphatic rings. The Morgan fingerprint density at radius 2 is 1.94 bits per heavy atom. The van der Waals surface area contributed by atoms with Crippen LogP contribution >= 0.6 is 0 Å². The van der Waals surface area contributed by atoms with Crippen molar-refractivity contribution in [3.63, 3.8) is 0 Å². The lowest BCUT2D eigenvalue weighted by Gasteiger charge is -2.24. The number of ether oxygens (including phenoxy) is 2. The lowest BCUT2D eigenvalue weighted by atomic mass is 9.95. The van der Waals surface area contributed by atoms with E-state index in [0.717, 1.165) is 18.0 Å². The smallest absolute Gasteiger partial charge is 0.123 e. The van der Waals surface area contributed by atoms with Crippen LogP contribution < -0.4 is 14.8 Å². The summed E-state index contributed by atoms with van der Waals surface area (Å²) in [7, 11) is 3.61. The van der Waals surface area contributed by atoms with E-state index in [9.17, 15) is 0 Å². The third-order valence-corrected chi connectivity index (χ3v) is 2.33. The van der Waals surface area contributed by atoms with Gasteiger partial charge in [0.15, 0.2) is 0 Å². The van der Waals surface area contributed by atoms with Crippen LogP contribution in [0, 0.1) is 5.41 Å². The lowest BCUT2D eigenvalue weighted by Crippen LogP contribution is -2.32. The summed E-state index contributed by atoms with van der Waals surface area (Å²) in [6.07, 6.45) is 0. The maximum absolute atomic E-state index is 5.75. The average Bonchev–Trinajstić information content (AvgIpc) is 2.27. The maximum atomic E-state index is 5.75. The molecule has 0 fully saturated rings. The van der Waals surface area contributed by atoms with E-state index in [0.29, 0.717) is 6.61 Å². The van der Waals surface area contributed by atoms with Crippen LogP contribution in [0.25, 0.3) is 0 Å². The molecule has 90 valence electrons. The van der Waals surface area contributed by atoms with E-state index in [1.807, 2.05) is 31.3 Å². The fourth-order valence-electron chi connectivity index (χ4n) is 1.50. The van der Waals surface area contributed by atoms with Crippen molar-refractivity contribution in [3.05, 3.63) is 24.3 Å². The van der Waals surface area contributed by atoms with E-state index in [1.165, 1.54) is 0 Å². The van der Waals surface area contributed by atoms with Gasteiger partial charge in [0.2, 0.25) is 0 Å². The molecule has 1 rings (SSSR count). The van der Waals surface area contributed by atoms with Gasteiger partial charge in [0.05, 0.1) is 13.7 Å². The fourth-order valence-corrected chi connectivity index (χ4v) is 1.50. The fraction of sp³-hybridized carbons (Fsp3) is 0.538. The molecule has 0 spiro atoms. The van der Waals surface area contributed by atoms with E-state index in [1.54, 1.807) is 7.11 Å². The summed E-state index contributed by atoms with van der Waals surface area (Å²) in [5.41, 5.74) is 0.123. The first kappa shape index (κ1) is 12.8. The summed E-state index contributed by atoms with van der Waals surface area (Å²) >= 11 is 0. The molecule has 0 unspecified atom stereocenters. The molecule has 0 bridgehead atoms. The number of hydrogen-bond donors (Lipinski definition) is 1. The Morgan fingerprint density at radius 3 is 2.56 bits per heavy atom. The van der Waals surface area contributed by atoms with Crippen molar-refractivity contribution in [2.45, 2.75) is 13.8 Å². The molecule has 0 radical (unpaired) electrons. The SMILES string of the molecule is CNCC(C)(C)COc1cccc(OC)c1. The Hall–Kier alpha value is -1.22. The third kappa shape index (κ3) is 4.11. The van der Waals surface area contributed by atoms with Crippen molar-refractivity contribution in [1.29, 1.82) is 0 Å². The molecule has 0 saturated carbocycles. The zero-order chi connectivity index (χ0) is 12.0. The Bertz CT molecular complexity index is 323. The molecule has 0 atom stereocenters. The number of methoxy groups -OCH3 is 1. The zero-order valence-corrected chi connectivity index (χ0v) is 10.5. The first-order valence-electron chi connectivity index (χ1n) is 5.49. The molecule has 1 aromatic rings. The first-order chi connectivity index (χ1) is 7.57. The molecule has 0 amide bonds. The summed E-state index contributed by atoms with van der Waals surface area (Å²) in [5.74, 6) is 1.67. The predicted octanol–water partition coefficient (Wildman–Crippen LogP) is 2.32. The van der Waals surface area contributed by atoms with Gasteiger partial charge in [-0.2, -0.15) is 0 Å². The summed E-state index contributed by atoms with van der Waals surface area (Å²) in [6, 6.07) is 7.68. The topological polar surface area (TPSA) is 30.5 Å². The Labute approximate surface area is 97.8 Å². The van der Waals surface area contributed by atoms with E-state index >= 15 is 0 Å². The van der Waals surface area contributed by atoms with Crippen LogP contribution in [0.15, 0.2) is 24.3 Å². The highest BCUT2D eigenvalue weighted by molar-refractivity contribution is 5.32. The van der Waals surface area contributed by atoms with Crippen LogP contribution in [-0.2, 0) is 0 Å². The molecular weight excluding hydrogens is 202 g/mol. The van der Waals surface area contributed by atoms with E-state index in [2.05, 4.69) is 19.2 Å². The molecule has 1 N–H and O–H groups in total. The van der Waals surface area contributed by atoms with Gasteiger partial charge in [-0.3, -0.25) is 0 Å². The van der Waals surface area contributed by atoms with Crippen LogP contribution in [-0.4, -0.2) is 27.3 Å². The van der Waals surface area contributed by atoms with Crippen molar-refractivity contribution in [2.24, 2.45) is 5.41 Å². The summed E-state index contributed by atoms with van der Waals surface area (Å²) in [6.45, 7) is 5.95. The minimum Gasteiger partial charge on any atom is -0.497 e. The van der Waals surface area contributed by atoms with E-state index in [4.69, 9.17) is 9.47 Å². The summed E-state index contributed by atoms with van der Waals surface area (Å²) in [5, 5.41) is 3.16. The van der Waals surface area contributed by atoms with Crippen LogP contribution in [0.1, 0.15) is 13.8 Å². The number of nitrogens with one attached hydrogen (secondary N) is 1. The number of hydrogen-bond acceptors (Lipinski definition) is 3. The average molecular weight is 223 g/mol. The van der Waals surface area contributed by atoms with Crippen molar-refractivity contribution in [1.82, 2.24) is 5.32 Å². The largest absolute Gasteiger partial charge is 0.497 e. The molecule has 0 aromatic heterocycles. The quantitative estimate of drug-likeness (QED) is 0.803. The Balaban J connectivity index is 2.53. The predicted molar refractivity (Wildman–Crippen MR) is 66.2 cm³/mol. The maximum Gasteiger partial charge on any atom is 0.123 e. The Kier molecular flexibility index (Phi) is 4.62. The minimum absolute atomic E-state index is 0.123. The molecule has 1 aromatic carbocycles. The highest BCUT2D eigenvalue weighted by atomic mass is 16.5. The minimum atomic E-state index is 0.123. The van der Waals surface area contributed by atoms with Gasteiger partial charge in [0, 0.05) is 18.0 Å². The van der Waals surface area contributed by atoms with Crippen molar-refractivity contribution >= 4 is 0 Å². The highest BCUT2D eigenvalue weighted by Crippen LogP contribution is 2.21. The van der Waals surface area contributed by atoms with Gasteiger partial charge < -0.3 is 14.8 Å². The van der Waals surface area contributed by atoms with Crippen LogP contribution in [0.4, 0.5) is 0 Å². The number of rotatable bonds is 6. The van der Waals surface area contributed by atoms with Crippen LogP contribution in [0.5, 0.6) is 11.5 Å². The van der Waals surface area contributed by atoms with Gasteiger partial charge in [-0.1, -0.05) is 19.9 Å². The molecule has 0 aliphatic heterocycles. The van der Waals surface area contributed by atoms with Crippen LogP contribution in [0.3, 0.4) is 0 Å². The van der Waals surface area contributed by atoms with Gasteiger partial charge in [-0.25, -0.2) is 0 Å². The lowest BCUT2D eigenvalue weighted by molar-refractivity contribution is 0.178. The normalized spacial score (nSPS) is 11.2. The van der Waals surface area contributed by atoms with Gasteiger partial charge in [-0.15, -0.1) is 0 Å². The van der Waals surface area contributed by atoms with E-state index < -0.39 is 0 Å².